The Balaban J connectivity index is 1.35. The predicted octanol–water partition coefficient (Wildman–Crippen LogP) is 8.26. The maximum atomic E-state index is 6.78. The smallest absolute Gasteiger partial charge is 0.232 e. The van der Waals surface area contributed by atoms with Gasteiger partial charge in [-0.2, -0.15) is 15.1 Å². The molecule has 4 heterocycles. The van der Waals surface area contributed by atoms with Gasteiger partial charge in [-0.3, -0.25) is 0 Å². The Labute approximate surface area is 281 Å². The molecule has 1 aliphatic carbocycles. The minimum atomic E-state index is -1.90. The van der Waals surface area contributed by atoms with Crippen LogP contribution in [0.2, 0.25) is 18.1 Å². The van der Waals surface area contributed by atoms with Gasteiger partial charge >= 0.3 is 0 Å². The van der Waals surface area contributed by atoms with Crippen molar-refractivity contribution in [2.75, 3.05) is 30.5 Å². The van der Waals surface area contributed by atoms with Crippen LogP contribution in [-0.4, -0.2) is 63.9 Å². The summed E-state index contributed by atoms with van der Waals surface area (Å²) in [5.74, 6) is 3.66. The molecule has 47 heavy (non-hydrogen) atoms. The van der Waals surface area contributed by atoms with Crippen molar-refractivity contribution >= 4 is 36.9 Å². The van der Waals surface area contributed by atoms with Gasteiger partial charge in [0.1, 0.15) is 17.9 Å². The van der Waals surface area contributed by atoms with Gasteiger partial charge in [-0.25, -0.2) is 9.67 Å². The summed E-state index contributed by atoms with van der Waals surface area (Å²) in [5.41, 5.74) is 5.18. The van der Waals surface area contributed by atoms with Gasteiger partial charge in [0.05, 0.1) is 42.7 Å². The normalized spacial score (nSPS) is 18.0. The lowest BCUT2D eigenvalue weighted by Crippen LogP contribution is -2.45. The molecule has 254 valence electrons. The Hall–Kier alpha value is -3.44. The highest BCUT2D eigenvalue weighted by molar-refractivity contribution is 6.74. The van der Waals surface area contributed by atoms with Gasteiger partial charge in [-0.15, -0.1) is 0 Å². The number of nitrogens with zero attached hydrogens (tertiary/aromatic N) is 7. The molecule has 0 spiro atoms. The van der Waals surface area contributed by atoms with Crippen molar-refractivity contribution in [1.29, 1.82) is 0 Å². The number of benzene rings is 1. The molecule has 0 radical (unpaired) electrons. The number of anilines is 3. The second kappa shape index (κ2) is 13.2. The van der Waals surface area contributed by atoms with E-state index in [1.54, 1.807) is 7.11 Å². The molecule has 10 nitrogen and oxygen atoms in total. The summed E-state index contributed by atoms with van der Waals surface area (Å²) in [5, 5.41) is 9.76. The molecule has 1 aromatic carbocycles. The molecule has 1 saturated heterocycles. The van der Waals surface area contributed by atoms with Crippen LogP contribution in [-0.2, 0) is 11.0 Å². The van der Waals surface area contributed by atoms with Crippen molar-refractivity contribution in [2.24, 2.45) is 5.92 Å². The average molecular weight is 659 g/mol. The highest BCUT2D eigenvalue weighted by Crippen LogP contribution is 2.39. The minimum absolute atomic E-state index is 0.165. The second-order valence-electron chi connectivity index (χ2n) is 15.3. The van der Waals surface area contributed by atoms with Crippen molar-refractivity contribution in [2.45, 2.75) is 117 Å². The fraction of sp³-hybridized carbons (Fsp3) is 0.611. The van der Waals surface area contributed by atoms with E-state index in [4.69, 9.17) is 29.2 Å². The Morgan fingerprint density at radius 3 is 2.49 bits per heavy atom. The first-order valence-electron chi connectivity index (χ1n) is 17.5. The summed E-state index contributed by atoms with van der Waals surface area (Å²) < 4.78 is 16.6. The van der Waals surface area contributed by atoms with Crippen molar-refractivity contribution < 1.29 is 9.16 Å². The number of imidazole rings is 1. The third-order valence-corrected chi connectivity index (χ3v) is 15.4. The van der Waals surface area contributed by atoms with Crippen LogP contribution in [0.1, 0.15) is 82.5 Å². The zero-order chi connectivity index (χ0) is 33.5. The van der Waals surface area contributed by atoms with Gasteiger partial charge in [-0.1, -0.05) is 40.0 Å². The SMILES string of the molecule is COc1cc(-n2cnc(Nc3nc(N4CCC[C@H]4CO[Si](C)(C)C(C)(C)C)c4c(C)nn(CC5CCCCC5)c4n3)c2)cc(C)c1C. The predicted molar refractivity (Wildman–Crippen MR) is 193 cm³/mol. The summed E-state index contributed by atoms with van der Waals surface area (Å²) in [6.07, 6.45) is 12.4. The maximum absolute atomic E-state index is 6.78. The van der Waals surface area contributed by atoms with E-state index >= 15 is 0 Å². The Bertz CT molecular complexity index is 1720. The number of aromatic nitrogens is 6. The highest BCUT2D eigenvalue weighted by atomic mass is 28.4. The highest BCUT2D eigenvalue weighted by Gasteiger charge is 2.39. The van der Waals surface area contributed by atoms with Crippen LogP contribution in [0.3, 0.4) is 0 Å². The van der Waals surface area contributed by atoms with E-state index in [2.05, 4.69) is 75.6 Å². The molecular formula is C36H54N8O2Si. The first-order valence-corrected chi connectivity index (χ1v) is 20.4. The number of fused-ring (bicyclic) bond motifs is 1. The van der Waals surface area contributed by atoms with Crippen LogP contribution in [0.15, 0.2) is 24.7 Å². The quantitative estimate of drug-likeness (QED) is 0.170. The third-order valence-electron chi connectivity index (χ3n) is 10.9. The molecule has 1 aliphatic heterocycles. The lowest BCUT2D eigenvalue weighted by molar-refractivity contribution is 0.263. The molecular weight excluding hydrogens is 605 g/mol. The summed E-state index contributed by atoms with van der Waals surface area (Å²) in [4.78, 5) is 17.5. The fourth-order valence-electron chi connectivity index (χ4n) is 6.85. The fourth-order valence-corrected chi connectivity index (χ4v) is 7.90. The molecule has 11 heteroatoms. The lowest BCUT2D eigenvalue weighted by atomic mass is 9.89. The van der Waals surface area contributed by atoms with Gasteiger partial charge in [0.25, 0.3) is 0 Å². The number of aryl methyl sites for hydroxylation is 2. The molecule has 3 aromatic heterocycles. The molecule has 4 aromatic rings. The Kier molecular flexibility index (Phi) is 9.41. The monoisotopic (exact) mass is 658 g/mol. The van der Waals surface area contributed by atoms with Crippen LogP contribution < -0.4 is 15.0 Å². The molecule has 0 amide bonds. The van der Waals surface area contributed by atoms with Gasteiger partial charge in [0.2, 0.25) is 5.95 Å². The zero-order valence-electron chi connectivity index (χ0n) is 30.0. The van der Waals surface area contributed by atoms with Gasteiger partial charge < -0.3 is 23.9 Å². The molecule has 1 saturated carbocycles. The van der Waals surface area contributed by atoms with E-state index in [-0.39, 0.29) is 11.1 Å². The standard InChI is InChI=1S/C36H54N8O2Si/c1-24-18-29(19-30(45-7)25(24)2)42-21-31(37-23-42)38-35-39-33(43-17-13-16-28(43)22-46-47(8,9)36(4,5)6)32-26(3)41-44(34(32)40-35)20-27-14-11-10-12-15-27/h18-19,21,23,27-28H,10-17,20,22H2,1-9H3,(H,38,39,40)/t28-/m0/s1. The number of methoxy groups -OCH3 is 1. The number of rotatable bonds is 10. The summed E-state index contributed by atoms with van der Waals surface area (Å²) in [6, 6.07) is 4.45. The molecule has 0 unspecified atom stereocenters. The van der Waals surface area contributed by atoms with E-state index < -0.39 is 8.32 Å². The third kappa shape index (κ3) is 6.92. The van der Waals surface area contributed by atoms with Crippen molar-refractivity contribution in [1.82, 2.24) is 29.3 Å². The number of hydrogen-bond acceptors (Lipinski definition) is 8. The zero-order valence-corrected chi connectivity index (χ0v) is 31.0. The summed E-state index contributed by atoms with van der Waals surface area (Å²) >= 11 is 0. The van der Waals surface area contributed by atoms with Crippen molar-refractivity contribution in [3.8, 4) is 11.4 Å². The van der Waals surface area contributed by atoms with Gasteiger partial charge in [-0.05, 0) is 87.7 Å². The van der Waals surface area contributed by atoms with Crippen LogP contribution in [0.4, 0.5) is 17.6 Å². The molecule has 1 N–H and O–H groups in total. The maximum Gasteiger partial charge on any atom is 0.232 e. The van der Waals surface area contributed by atoms with Gasteiger partial charge in [0.15, 0.2) is 19.8 Å². The summed E-state index contributed by atoms with van der Waals surface area (Å²) in [7, 11) is -0.185. The Morgan fingerprint density at radius 1 is 1.00 bits per heavy atom. The summed E-state index contributed by atoms with van der Waals surface area (Å²) in [6.45, 7) is 20.4. The Morgan fingerprint density at radius 2 is 1.77 bits per heavy atom. The van der Waals surface area contributed by atoms with Crippen molar-refractivity contribution in [3.63, 3.8) is 0 Å². The first-order chi connectivity index (χ1) is 22.3. The van der Waals surface area contributed by atoms with Crippen LogP contribution >= 0.6 is 0 Å². The molecule has 6 rings (SSSR count). The van der Waals surface area contributed by atoms with E-state index in [9.17, 15) is 0 Å². The van der Waals surface area contributed by atoms with E-state index in [1.165, 1.54) is 37.7 Å². The van der Waals surface area contributed by atoms with E-state index in [0.717, 1.165) is 65.5 Å². The minimum Gasteiger partial charge on any atom is -0.496 e. The molecule has 1 atom stereocenters. The first kappa shape index (κ1) is 33.5. The number of ether oxygens (including phenoxy) is 1. The van der Waals surface area contributed by atoms with E-state index in [0.29, 0.717) is 24.3 Å². The number of hydrogen-bond donors (Lipinski definition) is 1. The van der Waals surface area contributed by atoms with E-state index in [1.807, 2.05) is 23.2 Å². The molecule has 2 fully saturated rings. The van der Waals surface area contributed by atoms with Crippen molar-refractivity contribution in [3.05, 3.63) is 41.5 Å². The lowest BCUT2D eigenvalue weighted by Gasteiger charge is -2.38. The number of nitrogens with one attached hydrogen (secondary N) is 1. The average Bonchev–Trinajstić information content (AvgIpc) is 3.77. The van der Waals surface area contributed by atoms with Crippen LogP contribution in [0, 0.1) is 26.7 Å². The largest absolute Gasteiger partial charge is 0.496 e. The van der Waals surface area contributed by atoms with Gasteiger partial charge in [0, 0.05) is 19.2 Å². The molecule has 2 aliphatic rings. The molecule has 0 bridgehead atoms. The topological polar surface area (TPSA) is 95.1 Å². The van der Waals surface area contributed by atoms with Crippen LogP contribution in [0.5, 0.6) is 5.75 Å². The second-order valence-corrected chi connectivity index (χ2v) is 20.1. The van der Waals surface area contributed by atoms with Crippen LogP contribution in [0.25, 0.3) is 16.7 Å².